The van der Waals surface area contributed by atoms with Crippen LogP contribution < -0.4 is 0 Å². The Hall–Kier alpha value is -0.600. The Morgan fingerprint density at radius 3 is 2.31 bits per heavy atom. The van der Waals surface area contributed by atoms with E-state index in [4.69, 9.17) is 0 Å². The molecule has 0 spiro atoms. The maximum absolute atomic E-state index is 10.1. The van der Waals surface area contributed by atoms with Crippen molar-refractivity contribution in [2.45, 2.75) is 45.3 Å². The van der Waals surface area contributed by atoms with Gasteiger partial charge in [0.1, 0.15) is 0 Å². The number of allylic oxidation sites excluding steroid dienone is 2. The van der Waals surface area contributed by atoms with Gasteiger partial charge in [-0.25, -0.2) is 0 Å². The summed E-state index contributed by atoms with van der Waals surface area (Å²) in [5.74, 6) is 0.536. The third-order valence-electron chi connectivity index (χ3n) is 3.85. The van der Waals surface area contributed by atoms with E-state index < -0.39 is 11.7 Å². The van der Waals surface area contributed by atoms with Gasteiger partial charge >= 0.3 is 0 Å². The first kappa shape index (κ1) is 13.5. The SMILES string of the molecule is C=C[C@@H]1C[C@@H](O)C(C(C)(C)O)C[C@H]1C(=C)C. The molecule has 1 unspecified atom stereocenters. The molecule has 4 atom stereocenters. The van der Waals surface area contributed by atoms with E-state index in [-0.39, 0.29) is 11.8 Å². The Kier molecular flexibility index (Phi) is 3.97. The lowest BCUT2D eigenvalue weighted by Gasteiger charge is -2.43. The molecule has 0 heterocycles. The molecule has 92 valence electrons. The molecule has 1 fully saturated rings. The smallest absolute Gasteiger partial charge is 0.0644 e. The Morgan fingerprint density at radius 1 is 1.38 bits per heavy atom. The first-order valence-corrected chi connectivity index (χ1v) is 5.95. The van der Waals surface area contributed by atoms with Crippen LogP contribution in [0.1, 0.15) is 33.6 Å². The second-order valence-corrected chi connectivity index (χ2v) is 5.65. The van der Waals surface area contributed by atoms with E-state index in [1.54, 1.807) is 13.8 Å². The molecular weight excluding hydrogens is 200 g/mol. The number of hydrogen-bond acceptors (Lipinski definition) is 2. The molecule has 0 aliphatic heterocycles. The molecule has 0 bridgehead atoms. The molecular formula is C14H24O2. The molecule has 0 aromatic rings. The third kappa shape index (κ3) is 2.74. The van der Waals surface area contributed by atoms with Crippen molar-refractivity contribution < 1.29 is 10.2 Å². The van der Waals surface area contributed by atoms with Gasteiger partial charge in [-0.2, -0.15) is 0 Å². The first-order valence-electron chi connectivity index (χ1n) is 5.95. The highest BCUT2D eigenvalue weighted by atomic mass is 16.3. The maximum Gasteiger partial charge on any atom is 0.0644 e. The Balaban J connectivity index is 2.88. The summed E-state index contributed by atoms with van der Waals surface area (Å²) >= 11 is 0. The van der Waals surface area contributed by atoms with Crippen molar-refractivity contribution in [3.05, 3.63) is 24.8 Å². The Morgan fingerprint density at radius 2 is 1.94 bits per heavy atom. The quantitative estimate of drug-likeness (QED) is 0.723. The minimum Gasteiger partial charge on any atom is -0.393 e. The zero-order valence-electron chi connectivity index (χ0n) is 10.6. The molecule has 2 N–H and O–H groups in total. The summed E-state index contributed by atoms with van der Waals surface area (Å²) in [5.41, 5.74) is 0.283. The van der Waals surface area contributed by atoms with Crippen LogP contribution >= 0.6 is 0 Å². The normalized spacial score (nSPS) is 35.8. The highest BCUT2D eigenvalue weighted by Gasteiger charge is 2.41. The van der Waals surface area contributed by atoms with Crippen LogP contribution in [-0.2, 0) is 0 Å². The van der Waals surface area contributed by atoms with Crippen LogP contribution in [0.3, 0.4) is 0 Å². The van der Waals surface area contributed by atoms with Crippen molar-refractivity contribution in [1.82, 2.24) is 0 Å². The van der Waals surface area contributed by atoms with E-state index in [9.17, 15) is 10.2 Å². The summed E-state index contributed by atoms with van der Waals surface area (Å²) in [7, 11) is 0. The molecule has 0 aromatic carbocycles. The van der Waals surface area contributed by atoms with Crippen molar-refractivity contribution in [3.63, 3.8) is 0 Å². The van der Waals surface area contributed by atoms with Gasteiger partial charge in [-0.05, 0) is 45.4 Å². The van der Waals surface area contributed by atoms with E-state index in [1.165, 1.54) is 0 Å². The summed E-state index contributed by atoms with van der Waals surface area (Å²) in [6.07, 6.45) is 2.92. The van der Waals surface area contributed by atoms with E-state index >= 15 is 0 Å². The van der Waals surface area contributed by atoms with Crippen LogP contribution in [-0.4, -0.2) is 21.9 Å². The van der Waals surface area contributed by atoms with Crippen LogP contribution in [0.2, 0.25) is 0 Å². The summed E-state index contributed by atoms with van der Waals surface area (Å²) in [6, 6.07) is 0. The molecule has 1 aliphatic rings. The van der Waals surface area contributed by atoms with Gasteiger partial charge < -0.3 is 10.2 Å². The summed E-state index contributed by atoms with van der Waals surface area (Å²) in [5, 5.41) is 20.1. The topological polar surface area (TPSA) is 40.5 Å². The fourth-order valence-electron chi connectivity index (χ4n) is 2.80. The average Bonchev–Trinajstić information content (AvgIpc) is 2.14. The van der Waals surface area contributed by atoms with Crippen molar-refractivity contribution in [2.24, 2.45) is 17.8 Å². The molecule has 0 saturated heterocycles. The average molecular weight is 224 g/mol. The second kappa shape index (κ2) is 4.72. The Labute approximate surface area is 98.7 Å². The first-order chi connectivity index (χ1) is 7.27. The highest BCUT2D eigenvalue weighted by molar-refractivity contribution is 5.08. The van der Waals surface area contributed by atoms with Crippen molar-refractivity contribution in [2.75, 3.05) is 0 Å². The van der Waals surface area contributed by atoms with Crippen LogP contribution in [0.4, 0.5) is 0 Å². The van der Waals surface area contributed by atoms with Gasteiger partial charge in [0.25, 0.3) is 0 Å². The van der Waals surface area contributed by atoms with Gasteiger partial charge in [0.05, 0.1) is 11.7 Å². The van der Waals surface area contributed by atoms with Gasteiger partial charge in [0.15, 0.2) is 0 Å². The lowest BCUT2D eigenvalue weighted by Crippen LogP contribution is -2.46. The van der Waals surface area contributed by atoms with Gasteiger partial charge in [-0.3, -0.25) is 0 Å². The molecule has 1 aliphatic carbocycles. The van der Waals surface area contributed by atoms with E-state index in [0.29, 0.717) is 12.3 Å². The monoisotopic (exact) mass is 224 g/mol. The fraction of sp³-hybridized carbons (Fsp3) is 0.714. The number of aliphatic hydroxyl groups is 2. The van der Waals surface area contributed by atoms with Crippen LogP contribution in [0.5, 0.6) is 0 Å². The minimum atomic E-state index is -0.834. The molecule has 2 heteroatoms. The molecule has 16 heavy (non-hydrogen) atoms. The Bertz CT molecular complexity index is 275. The number of rotatable bonds is 3. The van der Waals surface area contributed by atoms with Crippen molar-refractivity contribution in [1.29, 1.82) is 0 Å². The molecule has 2 nitrogen and oxygen atoms in total. The van der Waals surface area contributed by atoms with Crippen molar-refractivity contribution >= 4 is 0 Å². The predicted octanol–water partition coefficient (Wildman–Crippen LogP) is 2.52. The van der Waals surface area contributed by atoms with E-state index in [1.807, 2.05) is 13.0 Å². The molecule has 1 saturated carbocycles. The summed E-state index contributed by atoms with van der Waals surface area (Å²) < 4.78 is 0. The minimum absolute atomic E-state index is 0.0783. The lowest BCUT2D eigenvalue weighted by molar-refractivity contribution is -0.0803. The number of hydrogen-bond donors (Lipinski definition) is 2. The van der Waals surface area contributed by atoms with Gasteiger partial charge in [-0.15, -0.1) is 6.58 Å². The molecule has 1 rings (SSSR count). The van der Waals surface area contributed by atoms with Crippen molar-refractivity contribution in [3.8, 4) is 0 Å². The molecule has 0 aromatic heterocycles. The summed E-state index contributed by atoms with van der Waals surface area (Å²) in [6.45, 7) is 13.4. The van der Waals surface area contributed by atoms with Gasteiger partial charge in [0.2, 0.25) is 0 Å². The largest absolute Gasteiger partial charge is 0.393 e. The van der Waals surface area contributed by atoms with Crippen LogP contribution in [0.15, 0.2) is 24.8 Å². The molecule has 0 radical (unpaired) electrons. The lowest BCUT2D eigenvalue weighted by atomic mass is 9.66. The van der Waals surface area contributed by atoms with Crippen LogP contribution in [0, 0.1) is 17.8 Å². The second-order valence-electron chi connectivity index (χ2n) is 5.65. The predicted molar refractivity (Wildman–Crippen MR) is 67.0 cm³/mol. The van der Waals surface area contributed by atoms with E-state index in [2.05, 4.69) is 13.2 Å². The zero-order valence-corrected chi connectivity index (χ0v) is 10.6. The van der Waals surface area contributed by atoms with E-state index in [0.717, 1.165) is 12.0 Å². The van der Waals surface area contributed by atoms with Crippen LogP contribution in [0.25, 0.3) is 0 Å². The zero-order chi connectivity index (χ0) is 12.5. The highest BCUT2D eigenvalue weighted by Crippen LogP contribution is 2.42. The fourth-order valence-corrected chi connectivity index (χ4v) is 2.80. The van der Waals surface area contributed by atoms with Gasteiger partial charge in [-0.1, -0.05) is 18.2 Å². The van der Waals surface area contributed by atoms with Gasteiger partial charge in [0, 0.05) is 5.92 Å². The summed E-state index contributed by atoms with van der Waals surface area (Å²) in [4.78, 5) is 0. The third-order valence-corrected chi connectivity index (χ3v) is 3.85. The standard InChI is InChI=1S/C14H24O2/c1-6-10-7-13(15)12(14(4,5)16)8-11(10)9(2)3/h6,10-13,15-16H,1-2,7-8H2,3-5H3/t10-,11+,12?,13-/m1/s1. The number of aliphatic hydroxyl groups excluding tert-OH is 1. The molecule has 0 amide bonds. The maximum atomic E-state index is 10.1.